The number of fused-ring (bicyclic) bond motifs is 3. The summed E-state index contributed by atoms with van der Waals surface area (Å²) in [5, 5.41) is 10.8. The van der Waals surface area contributed by atoms with E-state index in [1.54, 1.807) is 28.9 Å². The Morgan fingerprint density at radius 1 is 1.18 bits per heavy atom. The van der Waals surface area contributed by atoms with Crippen molar-refractivity contribution in [2.24, 2.45) is 5.92 Å². The Balaban J connectivity index is 1.31. The van der Waals surface area contributed by atoms with E-state index in [9.17, 15) is 22.8 Å². The largest absolute Gasteiger partial charge is 0.484 e. The van der Waals surface area contributed by atoms with Gasteiger partial charge in [0, 0.05) is 18.7 Å². The zero-order chi connectivity index (χ0) is 26.5. The Morgan fingerprint density at radius 2 is 1.97 bits per heavy atom. The van der Waals surface area contributed by atoms with Crippen LogP contribution in [0.5, 0.6) is 5.75 Å². The number of benzene rings is 2. The molecule has 2 heterocycles. The predicted molar refractivity (Wildman–Crippen MR) is 133 cm³/mol. The van der Waals surface area contributed by atoms with Crippen molar-refractivity contribution in [2.75, 3.05) is 11.9 Å². The number of halogens is 3. The maximum Gasteiger partial charge on any atom is 0.422 e. The zero-order valence-electron chi connectivity index (χ0n) is 20.6. The Bertz CT molecular complexity index is 1400. The summed E-state index contributed by atoms with van der Waals surface area (Å²) in [5.41, 5.74) is 2.69. The number of nitrogens with one attached hydrogen (secondary N) is 2. The Labute approximate surface area is 217 Å². The first kappa shape index (κ1) is 24.5. The molecule has 2 N–H and O–H groups in total. The molecule has 1 saturated carbocycles. The Kier molecular flexibility index (Phi) is 5.92. The third kappa shape index (κ3) is 4.75. The van der Waals surface area contributed by atoms with E-state index in [0.29, 0.717) is 48.7 Å². The molecule has 2 aliphatic carbocycles. The lowest BCUT2D eigenvalue weighted by Crippen LogP contribution is -2.50. The van der Waals surface area contributed by atoms with E-state index in [-0.39, 0.29) is 23.3 Å². The van der Waals surface area contributed by atoms with Gasteiger partial charge in [-0.2, -0.15) is 18.3 Å². The van der Waals surface area contributed by atoms with Gasteiger partial charge in [0.2, 0.25) is 0 Å². The van der Waals surface area contributed by atoms with Crippen molar-refractivity contribution >= 4 is 17.5 Å². The van der Waals surface area contributed by atoms with Gasteiger partial charge < -0.3 is 15.4 Å². The van der Waals surface area contributed by atoms with Gasteiger partial charge in [-0.05, 0) is 60.6 Å². The average molecular weight is 525 g/mol. The SMILES string of the molecule is O=C1N[C@@]2(CCc3cc(OCC(F)(F)F)ccc32)Cc2nn(CCC3CC3)c(C(=O)Nc3ccccc3)c21. The highest BCUT2D eigenvalue weighted by molar-refractivity contribution is 6.12. The summed E-state index contributed by atoms with van der Waals surface area (Å²) in [6, 6.07) is 13.9. The minimum Gasteiger partial charge on any atom is -0.484 e. The van der Waals surface area contributed by atoms with Crippen LogP contribution in [0, 0.1) is 5.92 Å². The van der Waals surface area contributed by atoms with Gasteiger partial charge in [-0.3, -0.25) is 14.3 Å². The van der Waals surface area contributed by atoms with Crippen LogP contribution in [0.4, 0.5) is 18.9 Å². The summed E-state index contributed by atoms with van der Waals surface area (Å²) >= 11 is 0. The number of aryl methyl sites for hydroxylation is 2. The molecule has 6 rings (SSSR count). The van der Waals surface area contributed by atoms with E-state index in [2.05, 4.69) is 10.6 Å². The van der Waals surface area contributed by atoms with E-state index >= 15 is 0 Å². The molecule has 1 atom stereocenters. The molecule has 1 fully saturated rings. The van der Waals surface area contributed by atoms with Crippen molar-refractivity contribution in [3.8, 4) is 5.75 Å². The molecule has 0 saturated heterocycles. The van der Waals surface area contributed by atoms with Gasteiger partial charge in [0.25, 0.3) is 11.8 Å². The summed E-state index contributed by atoms with van der Waals surface area (Å²) in [6.07, 6.45) is 0.364. The van der Waals surface area contributed by atoms with Gasteiger partial charge in [-0.1, -0.05) is 37.1 Å². The van der Waals surface area contributed by atoms with Crippen molar-refractivity contribution in [2.45, 2.75) is 56.8 Å². The van der Waals surface area contributed by atoms with Crippen LogP contribution in [-0.2, 0) is 24.9 Å². The van der Waals surface area contributed by atoms with Crippen LogP contribution in [0.1, 0.15) is 63.4 Å². The summed E-state index contributed by atoms with van der Waals surface area (Å²) in [6.45, 7) is -0.810. The fourth-order valence-corrected chi connectivity index (χ4v) is 5.59. The molecule has 0 radical (unpaired) electrons. The molecule has 0 unspecified atom stereocenters. The molecule has 198 valence electrons. The number of carbonyl (C=O) groups is 2. The number of ether oxygens (including phenoxy) is 1. The topological polar surface area (TPSA) is 85.2 Å². The van der Waals surface area contributed by atoms with Crippen molar-refractivity contribution < 1.29 is 27.5 Å². The standard InChI is InChI=1S/C28H27F3N4O3/c29-28(30,31)16-38-20-8-9-21-18(14-20)10-12-27(21)15-22-23(25(36)33-27)24(35(34-22)13-11-17-6-7-17)26(37)32-19-4-2-1-3-5-19/h1-5,8-9,14,17H,6-7,10-13,15-16H2,(H,32,37)(H,33,36)/t27-/m0/s1. The molecular formula is C28H27F3N4O3. The first-order chi connectivity index (χ1) is 18.2. The molecule has 1 spiro atoms. The fraction of sp³-hybridized carbons (Fsp3) is 0.393. The molecule has 3 aliphatic rings. The smallest absolute Gasteiger partial charge is 0.422 e. The maximum atomic E-state index is 13.6. The maximum absolute atomic E-state index is 13.6. The number of hydrogen-bond donors (Lipinski definition) is 2. The average Bonchev–Trinajstić information content (AvgIpc) is 3.55. The molecule has 10 heteroatoms. The highest BCUT2D eigenvalue weighted by atomic mass is 19.4. The monoisotopic (exact) mass is 524 g/mol. The Morgan fingerprint density at radius 3 is 2.71 bits per heavy atom. The van der Waals surface area contributed by atoms with Gasteiger partial charge in [-0.15, -0.1) is 0 Å². The predicted octanol–water partition coefficient (Wildman–Crippen LogP) is 5.00. The minimum atomic E-state index is -4.42. The lowest BCUT2D eigenvalue weighted by molar-refractivity contribution is -0.153. The van der Waals surface area contributed by atoms with Crippen molar-refractivity contribution in [1.29, 1.82) is 0 Å². The molecule has 2 aromatic carbocycles. The van der Waals surface area contributed by atoms with Gasteiger partial charge in [0.05, 0.1) is 16.8 Å². The van der Waals surface area contributed by atoms with E-state index in [0.717, 1.165) is 17.5 Å². The Hall–Kier alpha value is -3.82. The third-order valence-electron chi connectivity index (χ3n) is 7.58. The number of anilines is 1. The first-order valence-electron chi connectivity index (χ1n) is 12.8. The number of alkyl halides is 3. The van der Waals surface area contributed by atoms with Crippen LogP contribution in [0.2, 0.25) is 0 Å². The van der Waals surface area contributed by atoms with Crippen molar-refractivity contribution in [1.82, 2.24) is 15.1 Å². The van der Waals surface area contributed by atoms with Gasteiger partial charge in [-0.25, -0.2) is 0 Å². The summed E-state index contributed by atoms with van der Waals surface area (Å²) in [5.74, 6) is 0.0135. The zero-order valence-corrected chi connectivity index (χ0v) is 20.6. The molecule has 2 amide bonds. The number of para-hydroxylation sites is 1. The van der Waals surface area contributed by atoms with Gasteiger partial charge >= 0.3 is 6.18 Å². The fourth-order valence-electron chi connectivity index (χ4n) is 5.59. The van der Waals surface area contributed by atoms with Crippen LogP contribution in [0.15, 0.2) is 48.5 Å². The van der Waals surface area contributed by atoms with Crippen LogP contribution in [0.25, 0.3) is 0 Å². The second-order valence-corrected chi connectivity index (χ2v) is 10.4. The van der Waals surface area contributed by atoms with Crippen molar-refractivity contribution in [3.63, 3.8) is 0 Å². The summed E-state index contributed by atoms with van der Waals surface area (Å²) in [7, 11) is 0. The van der Waals surface area contributed by atoms with Crippen LogP contribution in [0.3, 0.4) is 0 Å². The van der Waals surface area contributed by atoms with Crippen LogP contribution in [-0.4, -0.2) is 34.4 Å². The highest BCUT2D eigenvalue weighted by Crippen LogP contribution is 2.44. The van der Waals surface area contributed by atoms with Gasteiger partial charge in [0.15, 0.2) is 6.61 Å². The number of carbonyl (C=O) groups excluding carboxylic acids is 2. The highest BCUT2D eigenvalue weighted by Gasteiger charge is 2.47. The molecule has 38 heavy (non-hydrogen) atoms. The minimum absolute atomic E-state index is 0.144. The summed E-state index contributed by atoms with van der Waals surface area (Å²) in [4.78, 5) is 27.0. The van der Waals surface area contributed by atoms with E-state index in [4.69, 9.17) is 9.84 Å². The molecule has 0 bridgehead atoms. The van der Waals surface area contributed by atoms with Gasteiger partial charge in [0.1, 0.15) is 11.4 Å². The lowest BCUT2D eigenvalue weighted by Gasteiger charge is -2.35. The number of nitrogens with zero attached hydrogens (tertiary/aromatic N) is 2. The lowest BCUT2D eigenvalue weighted by atomic mass is 9.82. The molecule has 7 nitrogen and oxygen atoms in total. The third-order valence-corrected chi connectivity index (χ3v) is 7.58. The summed E-state index contributed by atoms with van der Waals surface area (Å²) < 4.78 is 44.4. The van der Waals surface area contributed by atoms with Crippen molar-refractivity contribution in [3.05, 3.63) is 76.6 Å². The van der Waals surface area contributed by atoms with E-state index < -0.39 is 18.3 Å². The van der Waals surface area contributed by atoms with E-state index in [1.165, 1.54) is 18.9 Å². The first-order valence-corrected chi connectivity index (χ1v) is 12.8. The number of amides is 2. The normalized spacial score (nSPS) is 20.1. The second-order valence-electron chi connectivity index (χ2n) is 10.4. The van der Waals surface area contributed by atoms with Crippen LogP contribution >= 0.6 is 0 Å². The number of hydrogen-bond acceptors (Lipinski definition) is 4. The molecule has 1 aliphatic heterocycles. The quantitative estimate of drug-likeness (QED) is 0.456. The molecular weight excluding hydrogens is 497 g/mol. The molecule has 1 aromatic heterocycles. The number of rotatable bonds is 7. The second kappa shape index (κ2) is 9.18. The van der Waals surface area contributed by atoms with E-state index in [1.807, 2.05) is 18.2 Å². The number of aromatic nitrogens is 2. The molecule has 3 aromatic rings. The van der Waals surface area contributed by atoms with Crippen LogP contribution < -0.4 is 15.4 Å².